The molecule has 4 atom stereocenters. The van der Waals surface area contributed by atoms with Crippen LogP contribution in [0.15, 0.2) is 59.3 Å². The summed E-state index contributed by atoms with van der Waals surface area (Å²) in [6.07, 6.45) is 11.9. The van der Waals surface area contributed by atoms with E-state index in [2.05, 4.69) is 5.32 Å². The van der Waals surface area contributed by atoms with Gasteiger partial charge in [-0.3, -0.25) is 9.59 Å². The summed E-state index contributed by atoms with van der Waals surface area (Å²) in [7, 11) is 0. The molecule has 1 aliphatic rings. The molecule has 0 aromatic heterocycles. The van der Waals surface area contributed by atoms with Crippen LogP contribution in [0.25, 0.3) is 0 Å². The molecule has 0 heterocycles. The molecule has 0 saturated heterocycles. The Morgan fingerprint density at radius 1 is 1.00 bits per heavy atom. The fourth-order valence-corrected chi connectivity index (χ4v) is 2.86. The molecular formula is C23H33NO4. The summed E-state index contributed by atoms with van der Waals surface area (Å²) < 4.78 is 0. The molecule has 5 heteroatoms. The highest BCUT2D eigenvalue weighted by atomic mass is 16.3. The summed E-state index contributed by atoms with van der Waals surface area (Å²) in [4.78, 5) is 24.4. The van der Waals surface area contributed by atoms with Gasteiger partial charge in [-0.2, -0.15) is 0 Å². The first-order valence-corrected chi connectivity index (χ1v) is 9.66. The molecule has 1 rings (SSSR count). The first kappa shape index (κ1) is 23.8. The van der Waals surface area contributed by atoms with Crippen LogP contribution in [0, 0.1) is 5.92 Å². The molecule has 0 bridgehead atoms. The first-order valence-electron chi connectivity index (χ1n) is 9.66. The van der Waals surface area contributed by atoms with Gasteiger partial charge in [0.05, 0.1) is 18.2 Å². The van der Waals surface area contributed by atoms with Gasteiger partial charge in [-0.25, -0.2) is 0 Å². The van der Waals surface area contributed by atoms with E-state index in [1.165, 1.54) is 6.92 Å². The van der Waals surface area contributed by atoms with Crippen molar-refractivity contribution in [3.8, 4) is 0 Å². The van der Waals surface area contributed by atoms with Crippen molar-refractivity contribution in [2.45, 2.75) is 65.7 Å². The van der Waals surface area contributed by atoms with Crippen LogP contribution in [0.3, 0.4) is 0 Å². The van der Waals surface area contributed by atoms with Crippen molar-refractivity contribution >= 4 is 11.7 Å². The number of carbonyl (C=O) groups excluding carboxylic acids is 2. The van der Waals surface area contributed by atoms with Crippen LogP contribution in [-0.2, 0) is 9.59 Å². The Kier molecular flexibility index (Phi) is 9.83. The fraction of sp³-hybridized carbons (Fsp3) is 0.478. The summed E-state index contributed by atoms with van der Waals surface area (Å²) in [6, 6.07) is -0.460. The minimum atomic E-state index is -0.699. The van der Waals surface area contributed by atoms with Crippen molar-refractivity contribution in [2.75, 3.05) is 0 Å². The van der Waals surface area contributed by atoms with Crippen molar-refractivity contribution in [1.82, 2.24) is 5.32 Å². The average molecular weight is 388 g/mol. The highest BCUT2D eigenvalue weighted by Gasteiger charge is 2.24. The predicted octanol–water partition coefficient (Wildman–Crippen LogP) is 3.16. The van der Waals surface area contributed by atoms with E-state index in [1.807, 2.05) is 32.1 Å². The number of Topliss-reactive ketones (excluding diaryl/α,β-unsaturated/α-hetero) is 1. The van der Waals surface area contributed by atoms with Gasteiger partial charge in [0.25, 0.3) is 0 Å². The third kappa shape index (κ3) is 8.63. The quantitative estimate of drug-likeness (QED) is 0.645. The fourth-order valence-electron chi connectivity index (χ4n) is 2.86. The minimum Gasteiger partial charge on any atom is -0.389 e. The van der Waals surface area contributed by atoms with Gasteiger partial charge in [0.2, 0.25) is 5.91 Å². The zero-order chi connectivity index (χ0) is 21.3. The van der Waals surface area contributed by atoms with Crippen molar-refractivity contribution in [3.05, 3.63) is 59.3 Å². The molecule has 0 spiro atoms. The van der Waals surface area contributed by atoms with Gasteiger partial charge in [-0.05, 0) is 39.2 Å². The highest BCUT2D eigenvalue weighted by molar-refractivity contribution is 5.97. The van der Waals surface area contributed by atoms with Crippen LogP contribution >= 0.6 is 0 Å². The van der Waals surface area contributed by atoms with Crippen molar-refractivity contribution in [3.63, 3.8) is 0 Å². The van der Waals surface area contributed by atoms with Crippen molar-refractivity contribution < 1.29 is 19.8 Å². The van der Waals surface area contributed by atoms with Crippen LogP contribution < -0.4 is 5.32 Å². The molecule has 0 saturated carbocycles. The maximum atomic E-state index is 12.8. The summed E-state index contributed by atoms with van der Waals surface area (Å²) in [5.74, 6) is -0.754. The van der Waals surface area contributed by atoms with Crippen LogP contribution in [-0.4, -0.2) is 40.2 Å². The van der Waals surface area contributed by atoms with E-state index in [4.69, 9.17) is 0 Å². The van der Waals surface area contributed by atoms with Crippen LogP contribution in [0.1, 0.15) is 47.5 Å². The number of nitrogens with one attached hydrogen (secondary N) is 1. The number of aliphatic hydroxyl groups is 2. The van der Waals surface area contributed by atoms with Gasteiger partial charge < -0.3 is 15.5 Å². The normalized spacial score (nSPS) is 36.0. The second-order valence-corrected chi connectivity index (χ2v) is 7.45. The maximum absolute atomic E-state index is 12.8. The molecule has 0 unspecified atom stereocenters. The van der Waals surface area contributed by atoms with E-state index in [9.17, 15) is 19.8 Å². The van der Waals surface area contributed by atoms with E-state index in [-0.39, 0.29) is 11.7 Å². The zero-order valence-electron chi connectivity index (χ0n) is 17.5. The second-order valence-electron chi connectivity index (χ2n) is 7.45. The third-order valence-corrected chi connectivity index (χ3v) is 4.66. The lowest BCUT2D eigenvalue weighted by atomic mass is 9.90. The van der Waals surface area contributed by atoms with E-state index >= 15 is 0 Å². The zero-order valence-corrected chi connectivity index (χ0v) is 17.5. The number of ketones is 1. The molecule has 0 aromatic rings. The number of aliphatic hydroxyl groups excluding tert-OH is 2. The van der Waals surface area contributed by atoms with Crippen LogP contribution in [0.5, 0.6) is 0 Å². The molecule has 0 aromatic carbocycles. The summed E-state index contributed by atoms with van der Waals surface area (Å²) >= 11 is 0. The van der Waals surface area contributed by atoms with Gasteiger partial charge in [-0.15, -0.1) is 0 Å². The highest BCUT2D eigenvalue weighted by Crippen LogP contribution is 2.16. The summed E-state index contributed by atoms with van der Waals surface area (Å²) in [6.45, 7) is 8.70. The second kappa shape index (κ2) is 11.6. The Morgan fingerprint density at radius 2 is 1.54 bits per heavy atom. The van der Waals surface area contributed by atoms with Gasteiger partial charge >= 0.3 is 0 Å². The molecule has 0 fully saturated rings. The first-order chi connectivity index (χ1) is 13.1. The standard InChI is InChI=1S/C23H33NO4/c1-15-6-10-20(26)12-8-16(2)14-22(24-19(5)25)18(4)23(28)17(3)9-13-21(27)11-7-15/h6-9,11-12,14,18,20-22,26-27H,10,13H2,1-5H3,(H,24,25)/b11-7+,12-8-,15-6-,16-14-,17-9-/t18-,20+,21+,22-/m0/s1. The molecule has 1 aliphatic carbocycles. The van der Waals surface area contributed by atoms with E-state index in [0.29, 0.717) is 18.4 Å². The minimum absolute atomic E-state index is 0.0802. The average Bonchev–Trinajstić information content (AvgIpc) is 2.64. The molecule has 28 heavy (non-hydrogen) atoms. The molecule has 5 nitrogen and oxygen atoms in total. The van der Waals surface area contributed by atoms with E-state index in [1.54, 1.807) is 38.2 Å². The maximum Gasteiger partial charge on any atom is 0.217 e. The Labute approximate surface area is 168 Å². The number of amides is 1. The molecular weight excluding hydrogens is 354 g/mol. The van der Waals surface area contributed by atoms with E-state index in [0.717, 1.165) is 11.1 Å². The van der Waals surface area contributed by atoms with Crippen LogP contribution in [0.4, 0.5) is 0 Å². The van der Waals surface area contributed by atoms with Gasteiger partial charge in [0.1, 0.15) is 0 Å². The third-order valence-electron chi connectivity index (χ3n) is 4.66. The Morgan fingerprint density at radius 3 is 2.11 bits per heavy atom. The van der Waals surface area contributed by atoms with Crippen molar-refractivity contribution in [1.29, 1.82) is 0 Å². The van der Waals surface area contributed by atoms with Gasteiger partial charge in [0.15, 0.2) is 5.78 Å². The lowest BCUT2D eigenvalue weighted by molar-refractivity contribution is -0.121. The number of hydrogen-bond acceptors (Lipinski definition) is 4. The van der Waals surface area contributed by atoms with Crippen molar-refractivity contribution in [2.24, 2.45) is 5.92 Å². The molecule has 0 radical (unpaired) electrons. The summed E-state index contributed by atoms with van der Waals surface area (Å²) in [5.41, 5.74) is 2.35. The number of rotatable bonds is 1. The SMILES string of the molecule is CC(=O)N[C@H]1/C=C(C)\C=C/[C@H](O)C/C=C(C)\C=C\[C@@H](O)C/C=C(/C)C(=O)[C@H]1C. The summed E-state index contributed by atoms with van der Waals surface area (Å²) in [5, 5.41) is 23.1. The molecule has 1 amide bonds. The lowest BCUT2D eigenvalue weighted by Gasteiger charge is -2.22. The van der Waals surface area contributed by atoms with Gasteiger partial charge in [-0.1, -0.05) is 60.6 Å². The topological polar surface area (TPSA) is 86.6 Å². The Hall–Kier alpha value is -2.24. The Bertz CT molecular complexity index is 712. The number of carbonyl (C=O) groups is 2. The smallest absolute Gasteiger partial charge is 0.217 e. The largest absolute Gasteiger partial charge is 0.389 e. The number of allylic oxidation sites excluding steroid dienone is 5. The monoisotopic (exact) mass is 387 g/mol. The van der Waals surface area contributed by atoms with Crippen LogP contribution in [0.2, 0.25) is 0 Å². The van der Waals surface area contributed by atoms with E-state index < -0.39 is 24.2 Å². The molecule has 154 valence electrons. The number of hydrogen-bond donors (Lipinski definition) is 3. The van der Waals surface area contributed by atoms with Gasteiger partial charge in [0, 0.05) is 12.8 Å². The lowest BCUT2D eigenvalue weighted by Crippen LogP contribution is -2.40. The Balaban J connectivity index is 3.26. The molecule has 0 aliphatic heterocycles. The molecule has 3 N–H and O–H groups in total. The predicted molar refractivity (Wildman–Crippen MR) is 113 cm³/mol.